The SMILES string of the molecule is COCc1c(F)c(F)c(C[O][Zr]([O]C)([O]C)[O]Cc2c(F)c(F)c(COC)c(F)c2F)c(F)c1F. The van der Waals surface area contributed by atoms with Crippen molar-refractivity contribution in [2.24, 2.45) is 0 Å². The van der Waals surface area contributed by atoms with Crippen molar-refractivity contribution in [3.05, 3.63) is 68.8 Å². The molecule has 6 nitrogen and oxygen atoms in total. The second-order valence-electron chi connectivity index (χ2n) is 6.78. The minimum atomic E-state index is -5.43. The van der Waals surface area contributed by atoms with Crippen LogP contribution in [0, 0.1) is 46.5 Å². The molecule has 0 bridgehead atoms. The first-order valence-electron chi connectivity index (χ1n) is 9.53. The van der Waals surface area contributed by atoms with E-state index in [-0.39, 0.29) is 0 Å². The van der Waals surface area contributed by atoms with Crippen molar-refractivity contribution < 1.29 is 77.9 Å². The summed E-state index contributed by atoms with van der Waals surface area (Å²) in [6, 6.07) is 0. The average molecular weight is 600 g/mol. The van der Waals surface area contributed by atoms with Crippen LogP contribution >= 0.6 is 0 Å². The molecule has 15 heteroatoms. The Morgan fingerprint density at radius 1 is 0.429 bits per heavy atom. The number of halogens is 8. The van der Waals surface area contributed by atoms with Gasteiger partial charge in [0, 0.05) is 0 Å². The Morgan fingerprint density at radius 2 is 0.657 bits per heavy atom. The Balaban J connectivity index is 2.33. The Bertz CT molecular complexity index is 929. The Morgan fingerprint density at radius 3 is 0.857 bits per heavy atom. The van der Waals surface area contributed by atoms with Gasteiger partial charge >= 0.3 is 202 Å². The number of ether oxygens (including phenoxy) is 2. The molecule has 0 saturated carbocycles. The van der Waals surface area contributed by atoms with E-state index in [2.05, 4.69) is 9.47 Å². The molecule has 0 unspecified atom stereocenters. The zero-order chi connectivity index (χ0) is 26.5. The maximum atomic E-state index is 14.3. The molecule has 0 aliphatic heterocycles. The molecule has 0 spiro atoms. The summed E-state index contributed by atoms with van der Waals surface area (Å²) in [5, 5.41) is 0. The number of hydrogen-bond donors (Lipinski definition) is 0. The van der Waals surface area contributed by atoms with Crippen molar-refractivity contribution in [3.8, 4) is 0 Å². The van der Waals surface area contributed by atoms with Gasteiger partial charge < -0.3 is 0 Å². The molecule has 0 atom stereocenters. The standard InChI is InChI=1S/2C9H7F4O2.2CH3O.Zr/c2*1-15-3-5-8(12)6(10)4(2-14)7(11)9(5)13;2*1-2;/h2*2-3H2,1H3;2*1H3;/q4*-1;+4. The second-order valence-corrected chi connectivity index (χ2v) is 12.7. The van der Waals surface area contributed by atoms with E-state index in [9.17, 15) is 35.1 Å². The van der Waals surface area contributed by atoms with Crippen LogP contribution in [0.1, 0.15) is 22.3 Å². The molecule has 0 aliphatic rings. The van der Waals surface area contributed by atoms with Gasteiger partial charge in [0.15, 0.2) is 0 Å². The van der Waals surface area contributed by atoms with Crippen molar-refractivity contribution in [3.63, 3.8) is 0 Å². The first-order chi connectivity index (χ1) is 16.5. The van der Waals surface area contributed by atoms with E-state index in [0.717, 1.165) is 28.4 Å². The quantitative estimate of drug-likeness (QED) is 0.255. The third-order valence-electron chi connectivity index (χ3n) is 4.75. The van der Waals surface area contributed by atoms with Crippen LogP contribution in [0.3, 0.4) is 0 Å². The predicted octanol–water partition coefficient (Wildman–Crippen LogP) is 4.93. The van der Waals surface area contributed by atoms with Gasteiger partial charge in [0.05, 0.1) is 0 Å². The Labute approximate surface area is 201 Å². The summed E-state index contributed by atoms with van der Waals surface area (Å²) in [6.07, 6.45) is 0. The third-order valence-corrected chi connectivity index (χ3v) is 9.66. The number of benzene rings is 2. The zero-order valence-electron chi connectivity index (χ0n) is 18.8. The van der Waals surface area contributed by atoms with E-state index in [0.29, 0.717) is 0 Å². The van der Waals surface area contributed by atoms with Gasteiger partial charge in [-0.15, -0.1) is 0 Å². The molecule has 0 saturated heterocycles. The number of hydrogen-bond acceptors (Lipinski definition) is 6. The summed E-state index contributed by atoms with van der Waals surface area (Å²) in [5.74, 6) is -14.1. The molecule has 196 valence electrons. The monoisotopic (exact) mass is 598 g/mol. The van der Waals surface area contributed by atoms with Crippen LogP contribution in [0.15, 0.2) is 0 Å². The predicted molar refractivity (Wildman–Crippen MR) is 97.6 cm³/mol. The summed E-state index contributed by atoms with van der Waals surface area (Å²) in [6.45, 7) is -3.89. The summed E-state index contributed by atoms with van der Waals surface area (Å²) in [4.78, 5) is 0. The van der Waals surface area contributed by atoms with Crippen molar-refractivity contribution in [2.75, 3.05) is 28.4 Å². The third kappa shape index (κ3) is 6.09. The average Bonchev–Trinajstić information content (AvgIpc) is 2.85. The van der Waals surface area contributed by atoms with Gasteiger partial charge in [0.1, 0.15) is 0 Å². The molecular formula is C20H20F8O6Zr. The summed E-state index contributed by atoms with van der Waals surface area (Å²) in [5.41, 5.74) is -4.39. The Kier molecular flexibility index (Phi) is 10.8. The zero-order valence-corrected chi connectivity index (χ0v) is 21.3. The van der Waals surface area contributed by atoms with Gasteiger partial charge in [-0.25, -0.2) is 0 Å². The van der Waals surface area contributed by atoms with Gasteiger partial charge in [-0.3, -0.25) is 0 Å². The van der Waals surface area contributed by atoms with Gasteiger partial charge in [0.2, 0.25) is 0 Å². The molecule has 0 aromatic heterocycles. The molecule has 0 heterocycles. The minimum absolute atomic E-state index is 0.761. The molecule has 2 aromatic carbocycles. The first kappa shape index (κ1) is 29.8. The number of rotatable bonds is 12. The molecule has 0 N–H and O–H groups in total. The van der Waals surface area contributed by atoms with Crippen LogP contribution in [-0.2, 0) is 69.2 Å². The Hall–Kier alpha value is -1.48. The van der Waals surface area contributed by atoms with Crippen LogP contribution in [0.5, 0.6) is 0 Å². The molecular weight excluding hydrogens is 579 g/mol. The van der Waals surface area contributed by atoms with Gasteiger partial charge in [-0.1, -0.05) is 0 Å². The second kappa shape index (κ2) is 12.7. The van der Waals surface area contributed by atoms with Crippen LogP contribution in [0.2, 0.25) is 0 Å². The molecule has 0 amide bonds. The molecule has 0 aliphatic carbocycles. The van der Waals surface area contributed by atoms with Crippen LogP contribution in [0.4, 0.5) is 35.1 Å². The van der Waals surface area contributed by atoms with E-state index in [1.165, 1.54) is 0 Å². The summed E-state index contributed by atoms with van der Waals surface area (Å²) >= 11 is -5.43. The topological polar surface area (TPSA) is 55.4 Å². The fraction of sp³-hybridized carbons (Fsp3) is 0.400. The molecule has 0 radical (unpaired) electrons. The normalized spacial score (nSPS) is 12.0. The molecule has 0 fully saturated rings. The fourth-order valence-corrected chi connectivity index (χ4v) is 6.27. The summed E-state index contributed by atoms with van der Waals surface area (Å²) < 4.78 is 143. The van der Waals surface area contributed by atoms with E-state index in [1.807, 2.05) is 0 Å². The van der Waals surface area contributed by atoms with E-state index in [1.54, 1.807) is 0 Å². The van der Waals surface area contributed by atoms with Crippen molar-refractivity contribution >= 4 is 0 Å². The van der Waals surface area contributed by atoms with Crippen LogP contribution in [0.25, 0.3) is 0 Å². The van der Waals surface area contributed by atoms with Crippen LogP contribution < -0.4 is 0 Å². The molecule has 2 aromatic rings. The van der Waals surface area contributed by atoms with Crippen molar-refractivity contribution in [1.82, 2.24) is 0 Å². The first-order valence-corrected chi connectivity index (χ1v) is 13.5. The van der Waals surface area contributed by atoms with Gasteiger partial charge in [-0.05, 0) is 0 Å². The molecule has 35 heavy (non-hydrogen) atoms. The van der Waals surface area contributed by atoms with E-state index < -0.39 is 117 Å². The number of methoxy groups -OCH3 is 2. The summed E-state index contributed by atoms with van der Waals surface area (Å²) in [7, 11) is 4.00. The van der Waals surface area contributed by atoms with Gasteiger partial charge in [-0.2, -0.15) is 0 Å². The van der Waals surface area contributed by atoms with Crippen LogP contribution in [-0.4, -0.2) is 28.4 Å². The molecule has 2 rings (SSSR count). The maximum absolute atomic E-state index is 14.3. The fourth-order valence-electron chi connectivity index (χ4n) is 2.92. The van der Waals surface area contributed by atoms with Crippen molar-refractivity contribution in [2.45, 2.75) is 26.4 Å². The van der Waals surface area contributed by atoms with E-state index >= 15 is 0 Å². The van der Waals surface area contributed by atoms with Crippen molar-refractivity contribution in [1.29, 1.82) is 0 Å². The van der Waals surface area contributed by atoms with E-state index in [4.69, 9.17) is 11.3 Å². The van der Waals surface area contributed by atoms with Gasteiger partial charge in [0.25, 0.3) is 0 Å².